The van der Waals surface area contributed by atoms with E-state index in [1.54, 1.807) is 25.1 Å². The summed E-state index contributed by atoms with van der Waals surface area (Å²) in [6.45, 7) is 2.94. The van der Waals surface area contributed by atoms with Crippen molar-refractivity contribution in [2.24, 2.45) is 0 Å². The number of carbonyl (C=O) groups is 2. The molecule has 2 aromatic rings. The van der Waals surface area contributed by atoms with Gasteiger partial charge in [-0.1, -0.05) is 48.5 Å². The lowest BCUT2D eigenvalue weighted by atomic mass is 9.98. The van der Waals surface area contributed by atoms with Gasteiger partial charge in [0.25, 0.3) is 0 Å². The fourth-order valence-corrected chi connectivity index (χ4v) is 2.51. The van der Waals surface area contributed by atoms with Crippen LogP contribution in [0.1, 0.15) is 31.0 Å². The first-order valence-corrected chi connectivity index (χ1v) is 7.83. The Morgan fingerprint density at radius 1 is 1.00 bits per heavy atom. The van der Waals surface area contributed by atoms with E-state index in [-0.39, 0.29) is 17.6 Å². The Balaban J connectivity index is 2.21. The lowest BCUT2D eigenvalue weighted by Gasteiger charge is -2.22. The first-order valence-electron chi connectivity index (χ1n) is 7.83. The van der Waals surface area contributed by atoms with E-state index in [2.05, 4.69) is 10.6 Å². The van der Waals surface area contributed by atoms with Gasteiger partial charge in [0.2, 0.25) is 11.8 Å². The number of carbonyl (C=O) groups excluding carboxylic acids is 2. The molecular formula is C19H21FN2O2. The van der Waals surface area contributed by atoms with Crippen LogP contribution < -0.4 is 10.6 Å². The van der Waals surface area contributed by atoms with Gasteiger partial charge in [0, 0.05) is 12.5 Å². The van der Waals surface area contributed by atoms with Crippen LogP contribution in [-0.2, 0) is 16.0 Å². The van der Waals surface area contributed by atoms with Gasteiger partial charge in [0.05, 0.1) is 6.04 Å². The molecule has 2 N–H and O–H groups in total. The van der Waals surface area contributed by atoms with Gasteiger partial charge < -0.3 is 10.6 Å². The number of benzene rings is 2. The molecule has 0 aliphatic carbocycles. The van der Waals surface area contributed by atoms with Crippen LogP contribution >= 0.6 is 0 Å². The van der Waals surface area contributed by atoms with Gasteiger partial charge in [0.15, 0.2) is 0 Å². The molecule has 4 nitrogen and oxygen atoms in total. The molecule has 0 aromatic heterocycles. The second kappa shape index (κ2) is 8.24. The van der Waals surface area contributed by atoms with Gasteiger partial charge >= 0.3 is 0 Å². The maximum absolute atomic E-state index is 14.2. The van der Waals surface area contributed by atoms with E-state index in [4.69, 9.17) is 0 Å². The molecule has 0 unspecified atom stereocenters. The zero-order chi connectivity index (χ0) is 17.5. The molecule has 0 bridgehead atoms. The monoisotopic (exact) mass is 328 g/mol. The van der Waals surface area contributed by atoms with E-state index in [0.717, 1.165) is 5.56 Å². The normalized spacial score (nSPS) is 13.0. The Kier molecular flexibility index (Phi) is 6.07. The highest BCUT2D eigenvalue weighted by molar-refractivity contribution is 5.86. The van der Waals surface area contributed by atoms with E-state index in [0.29, 0.717) is 12.0 Å². The van der Waals surface area contributed by atoms with Crippen molar-refractivity contribution < 1.29 is 14.0 Å². The van der Waals surface area contributed by atoms with Crippen molar-refractivity contribution in [2.45, 2.75) is 32.4 Å². The molecule has 126 valence electrons. The van der Waals surface area contributed by atoms with Crippen LogP contribution in [0.15, 0.2) is 54.6 Å². The smallest absolute Gasteiger partial charge is 0.242 e. The summed E-state index contributed by atoms with van der Waals surface area (Å²) in [6.07, 6.45) is 0.459. The quantitative estimate of drug-likeness (QED) is 0.857. The molecule has 0 aliphatic rings. The molecule has 24 heavy (non-hydrogen) atoms. The summed E-state index contributed by atoms with van der Waals surface area (Å²) in [7, 11) is 0. The third-order valence-corrected chi connectivity index (χ3v) is 3.69. The van der Waals surface area contributed by atoms with Gasteiger partial charge in [0.1, 0.15) is 11.9 Å². The van der Waals surface area contributed by atoms with Crippen LogP contribution in [0, 0.1) is 5.82 Å². The summed E-state index contributed by atoms with van der Waals surface area (Å²) < 4.78 is 14.2. The topological polar surface area (TPSA) is 58.2 Å². The molecule has 5 heteroatoms. The van der Waals surface area contributed by atoms with Gasteiger partial charge in [-0.15, -0.1) is 0 Å². The number of rotatable bonds is 6. The lowest BCUT2D eigenvalue weighted by molar-refractivity contribution is -0.128. The molecule has 0 saturated carbocycles. The summed E-state index contributed by atoms with van der Waals surface area (Å²) in [4.78, 5) is 23.4. The fourth-order valence-electron chi connectivity index (χ4n) is 2.51. The van der Waals surface area contributed by atoms with Gasteiger partial charge in [-0.05, 0) is 25.0 Å². The van der Waals surface area contributed by atoms with E-state index in [1.807, 2.05) is 30.3 Å². The van der Waals surface area contributed by atoms with Gasteiger partial charge in [-0.2, -0.15) is 0 Å². The molecule has 0 aliphatic heterocycles. The third kappa shape index (κ3) is 4.91. The number of amides is 2. The van der Waals surface area contributed by atoms with Gasteiger partial charge in [-0.25, -0.2) is 4.39 Å². The van der Waals surface area contributed by atoms with Crippen molar-refractivity contribution in [3.63, 3.8) is 0 Å². The zero-order valence-corrected chi connectivity index (χ0v) is 13.8. The molecule has 2 atom stereocenters. The van der Waals surface area contributed by atoms with Crippen molar-refractivity contribution in [2.75, 3.05) is 0 Å². The fraction of sp³-hybridized carbons (Fsp3) is 0.263. The standard InChI is InChI=1S/C19H21FN2O2/c1-13(21-14(2)23)19(24)22-18(12-15-8-4-3-5-9-15)16-10-6-7-11-17(16)20/h3-11,13,18H,12H2,1-2H3,(H,21,23)(H,22,24)/t13-,18+/m0/s1. The van der Waals surface area contributed by atoms with Gasteiger partial charge in [-0.3, -0.25) is 9.59 Å². The predicted molar refractivity (Wildman–Crippen MR) is 90.7 cm³/mol. The van der Waals surface area contributed by atoms with Crippen molar-refractivity contribution in [3.8, 4) is 0 Å². The Hall–Kier alpha value is -2.69. The predicted octanol–water partition coefficient (Wildman–Crippen LogP) is 2.75. The summed E-state index contributed by atoms with van der Waals surface area (Å²) in [5.41, 5.74) is 1.41. The second-order valence-corrected chi connectivity index (χ2v) is 5.69. The van der Waals surface area contributed by atoms with Crippen LogP contribution in [0.5, 0.6) is 0 Å². The first kappa shape index (κ1) is 17.7. The highest BCUT2D eigenvalue weighted by Crippen LogP contribution is 2.21. The van der Waals surface area contributed by atoms with E-state index in [9.17, 15) is 14.0 Å². The number of halogens is 1. The van der Waals surface area contributed by atoms with Crippen LogP contribution in [0.2, 0.25) is 0 Å². The molecule has 0 fully saturated rings. The Bertz CT molecular complexity index is 704. The van der Waals surface area contributed by atoms with Crippen LogP contribution in [0.4, 0.5) is 4.39 Å². The molecule has 0 saturated heterocycles. The van der Waals surface area contributed by atoms with Crippen LogP contribution in [0.25, 0.3) is 0 Å². The van der Waals surface area contributed by atoms with E-state index >= 15 is 0 Å². The summed E-state index contributed by atoms with van der Waals surface area (Å²) >= 11 is 0. The average Bonchev–Trinajstić information content (AvgIpc) is 2.55. The average molecular weight is 328 g/mol. The molecule has 2 rings (SSSR count). The molecule has 0 spiro atoms. The molecule has 2 aromatic carbocycles. The van der Waals surface area contributed by atoms with Crippen molar-refractivity contribution in [1.82, 2.24) is 10.6 Å². The minimum Gasteiger partial charge on any atom is -0.347 e. The molecule has 2 amide bonds. The zero-order valence-electron chi connectivity index (χ0n) is 13.8. The van der Waals surface area contributed by atoms with Crippen LogP contribution in [-0.4, -0.2) is 17.9 Å². The van der Waals surface area contributed by atoms with Crippen molar-refractivity contribution in [1.29, 1.82) is 0 Å². The lowest BCUT2D eigenvalue weighted by Crippen LogP contribution is -2.45. The van der Waals surface area contributed by atoms with Crippen molar-refractivity contribution >= 4 is 11.8 Å². The molecular weight excluding hydrogens is 307 g/mol. The SMILES string of the molecule is CC(=O)N[C@@H](C)C(=O)N[C@H](Cc1ccccc1)c1ccccc1F. The summed E-state index contributed by atoms with van der Waals surface area (Å²) in [5, 5.41) is 5.37. The third-order valence-electron chi connectivity index (χ3n) is 3.69. The summed E-state index contributed by atoms with van der Waals surface area (Å²) in [6, 6.07) is 14.7. The largest absolute Gasteiger partial charge is 0.347 e. The first-order chi connectivity index (χ1) is 11.5. The van der Waals surface area contributed by atoms with Crippen molar-refractivity contribution in [3.05, 3.63) is 71.5 Å². The highest BCUT2D eigenvalue weighted by Gasteiger charge is 2.22. The maximum Gasteiger partial charge on any atom is 0.242 e. The Labute approximate surface area is 141 Å². The van der Waals surface area contributed by atoms with E-state index in [1.165, 1.54) is 13.0 Å². The molecule has 0 radical (unpaired) electrons. The van der Waals surface area contributed by atoms with Crippen LogP contribution in [0.3, 0.4) is 0 Å². The number of hydrogen-bond donors (Lipinski definition) is 2. The second-order valence-electron chi connectivity index (χ2n) is 5.69. The Morgan fingerprint density at radius 2 is 1.62 bits per heavy atom. The molecule has 0 heterocycles. The summed E-state index contributed by atoms with van der Waals surface area (Å²) in [5.74, 6) is -1.01. The minimum absolute atomic E-state index is 0.289. The number of nitrogens with one attached hydrogen (secondary N) is 2. The maximum atomic E-state index is 14.2. The number of hydrogen-bond acceptors (Lipinski definition) is 2. The Morgan fingerprint density at radius 3 is 2.25 bits per heavy atom. The van der Waals surface area contributed by atoms with E-state index < -0.39 is 12.1 Å². The minimum atomic E-state index is -0.687. The highest BCUT2D eigenvalue weighted by atomic mass is 19.1.